The molecule has 0 unspecified atom stereocenters. The average molecular weight is 681 g/mol. The van der Waals surface area contributed by atoms with Crippen LogP contribution in [0.15, 0.2) is 186 Å². The van der Waals surface area contributed by atoms with Gasteiger partial charge in [0.1, 0.15) is 5.52 Å². The van der Waals surface area contributed by atoms with Crippen molar-refractivity contribution in [3.8, 4) is 44.8 Å². The zero-order chi connectivity index (χ0) is 35.5. The van der Waals surface area contributed by atoms with Crippen LogP contribution in [0, 0.1) is 0 Å². The van der Waals surface area contributed by atoms with E-state index in [9.17, 15) is 0 Å². The summed E-state index contributed by atoms with van der Waals surface area (Å²) in [5.74, 6) is 0.626. The normalized spacial score (nSPS) is 12.9. The smallest absolute Gasteiger partial charge is 0.227 e. The molecule has 1 heterocycles. The summed E-state index contributed by atoms with van der Waals surface area (Å²) in [6.07, 6.45) is 0. The Hall–Kier alpha value is -6.71. The maximum absolute atomic E-state index is 6.58. The van der Waals surface area contributed by atoms with Crippen molar-refractivity contribution in [1.29, 1.82) is 0 Å². The second-order valence-electron chi connectivity index (χ2n) is 14.4. The van der Waals surface area contributed by atoms with E-state index >= 15 is 0 Å². The van der Waals surface area contributed by atoms with Crippen LogP contribution in [-0.2, 0) is 5.41 Å². The zero-order valence-electron chi connectivity index (χ0n) is 29.6. The second kappa shape index (κ2) is 12.2. The maximum atomic E-state index is 6.58. The fourth-order valence-electron chi connectivity index (χ4n) is 8.18. The zero-order valence-corrected chi connectivity index (χ0v) is 29.6. The van der Waals surface area contributed by atoms with E-state index in [0.717, 1.165) is 55.6 Å². The molecule has 1 aromatic heterocycles. The highest BCUT2D eigenvalue weighted by atomic mass is 16.3. The highest BCUT2D eigenvalue weighted by molar-refractivity contribution is 6.10. The van der Waals surface area contributed by atoms with Crippen LogP contribution in [0.5, 0.6) is 0 Å². The molecular weight excluding hydrogens is 645 g/mol. The van der Waals surface area contributed by atoms with Gasteiger partial charge >= 0.3 is 0 Å². The Morgan fingerprint density at radius 2 is 1.02 bits per heavy atom. The molecule has 1 aliphatic carbocycles. The van der Waals surface area contributed by atoms with Gasteiger partial charge in [0.25, 0.3) is 0 Å². The SMILES string of the molecule is CC1(C)c2ccccc2-c2cc(N(c3ccc(-c4ccccc4)cc3)c3ccc(-c4cc5ccccc5c5nc(-c6ccccc6)oc45)cc3)ccc21. The Morgan fingerprint density at radius 1 is 0.453 bits per heavy atom. The lowest BCUT2D eigenvalue weighted by molar-refractivity contribution is 0.621. The minimum absolute atomic E-state index is 0.0550. The Bertz CT molecular complexity index is 2780. The Kier molecular flexibility index (Phi) is 7.16. The lowest BCUT2D eigenvalue weighted by atomic mass is 9.82. The topological polar surface area (TPSA) is 29.3 Å². The molecule has 0 spiro atoms. The summed E-state index contributed by atoms with van der Waals surface area (Å²) in [7, 11) is 0. The summed E-state index contributed by atoms with van der Waals surface area (Å²) in [6, 6.07) is 64.9. The monoisotopic (exact) mass is 680 g/mol. The number of rotatable bonds is 6. The van der Waals surface area contributed by atoms with Crippen molar-refractivity contribution >= 4 is 38.9 Å². The average Bonchev–Trinajstić information content (AvgIpc) is 3.77. The van der Waals surface area contributed by atoms with Gasteiger partial charge in [-0.1, -0.05) is 141 Å². The number of nitrogens with zero attached hydrogens (tertiary/aromatic N) is 2. The first-order valence-corrected chi connectivity index (χ1v) is 18.2. The van der Waals surface area contributed by atoms with Crippen LogP contribution >= 0.6 is 0 Å². The minimum atomic E-state index is -0.0550. The minimum Gasteiger partial charge on any atom is -0.435 e. The van der Waals surface area contributed by atoms with E-state index in [1.807, 2.05) is 30.3 Å². The van der Waals surface area contributed by atoms with Crippen molar-refractivity contribution in [2.75, 3.05) is 4.90 Å². The standard InChI is InChI=1S/C50H36N2O/c1-50(2)45-20-12-11-19-42(45)44-32-40(29-30-46(44)50)52(38-25-21-34(22-26-38)33-13-5-3-6-14-33)39-27-23-35(24-28-39)43-31-37-17-9-10-18-41(37)47-48(43)53-49(51-47)36-15-7-4-8-16-36/h3-32H,1-2H3. The molecule has 0 saturated heterocycles. The van der Waals surface area contributed by atoms with E-state index < -0.39 is 0 Å². The van der Waals surface area contributed by atoms with Gasteiger partial charge in [0.2, 0.25) is 5.89 Å². The van der Waals surface area contributed by atoms with Crippen LogP contribution in [0.2, 0.25) is 0 Å². The Balaban J connectivity index is 1.11. The first-order chi connectivity index (χ1) is 26.0. The number of aromatic nitrogens is 1. The van der Waals surface area contributed by atoms with E-state index in [1.54, 1.807) is 0 Å². The van der Waals surface area contributed by atoms with Crippen LogP contribution in [0.25, 0.3) is 66.7 Å². The summed E-state index contributed by atoms with van der Waals surface area (Å²) in [4.78, 5) is 7.40. The van der Waals surface area contributed by atoms with Crippen molar-refractivity contribution in [3.63, 3.8) is 0 Å². The Labute approximate surface area is 309 Å². The van der Waals surface area contributed by atoms with E-state index in [-0.39, 0.29) is 5.41 Å². The molecule has 10 rings (SSSR count). The lowest BCUT2D eigenvalue weighted by Crippen LogP contribution is -2.15. The molecule has 0 N–H and O–H groups in total. The largest absolute Gasteiger partial charge is 0.435 e. The molecule has 252 valence electrons. The van der Waals surface area contributed by atoms with Gasteiger partial charge in [-0.05, 0) is 98.9 Å². The van der Waals surface area contributed by atoms with Gasteiger partial charge in [-0.15, -0.1) is 0 Å². The predicted molar refractivity (Wildman–Crippen MR) is 220 cm³/mol. The quantitative estimate of drug-likeness (QED) is 0.175. The molecule has 1 aliphatic rings. The Morgan fingerprint density at radius 3 is 1.75 bits per heavy atom. The van der Waals surface area contributed by atoms with E-state index in [4.69, 9.17) is 9.40 Å². The van der Waals surface area contributed by atoms with Crippen LogP contribution in [0.1, 0.15) is 25.0 Å². The van der Waals surface area contributed by atoms with Gasteiger partial charge in [-0.3, -0.25) is 0 Å². The molecule has 0 bridgehead atoms. The van der Waals surface area contributed by atoms with Gasteiger partial charge in [-0.2, -0.15) is 0 Å². The summed E-state index contributed by atoms with van der Waals surface area (Å²) in [5, 5.41) is 2.22. The molecule has 8 aromatic carbocycles. The number of hydrogen-bond donors (Lipinski definition) is 0. The summed E-state index contributed by atoms with van der Waals surface area (Å²) in [6.45, 7) is 4.66. The highest BCUT2D eigenvalue weighted by Gasteiger charge is 2.35. The second-order valence-corrected chi connectivity index (χ2v) is 14.4. The molecular formula is C50H36N2O. The van der Waals surface area contributed by atoms with Crippen molar-refractivity contribution < 1.29 is 4.42 Å². The van der Waals surface area contributed by atoms with Crippen molar-refractivity contribution in [2.24, 2.45) is 0 Å². The van der Waals surface area contributed by atoms with E-state index in [2.05, 4.69) is 170 Å². The number of fused-ring (bicyclic) bond motifs is 6. The number of anilines is 3. The van der Waals surface area contributed by atoms with Gasteiger partial charge in [-0.25, -0.2) is 4.98 Å². The van der Waals surface area contributed by atoms with Crippen molar-refractivity contribution in [2.45, 2.75) is 19.3 Å². The molecule has 3 heteroatoms. The third kappa shape index (κ3) is 5.16. The summed E-state index contributed by atoms with van der Waals surface area (Å²) in [5.41, 5.74) is 15.7. The third-order valence-corrected chi connectivity index (χ3v) is 10.9. The first-order valence-electron chi connectivity index (χ1n) is 18.2. The van der Waals surface area contributed by atoms with Gasteiger partial charge < -0.3 is 9.32 Å². The van der Waals surface area contributed by atoms with Gasteiger partial charge in [0, 0.05) is 39.0 Å². The van der Waals surface area contributed by atoms with Gasteiger partial charge in [0.15, 0.2) is 5.58 Å². The number of benzene rings is 8. The van der Waals surface area contributed by atoms with Gasteiger partial charge in [0.05, 0.1) is 0 Å². The molecule has 9 aromatic rings. The van der Waals surface area contributed by atoms with Crippen LogP contribution < -0.4 is 4.90 Å². The first kappa shape index (κ1) is 31.1. The predicted octanol–water partition coefficient (Wildman–Crippen LogP) is 13.8. The number of oxazole rings is 1. The number of hydrogen-bond acceptors (Lipinski definition) is 3. The molecule has 0 saturated carbocycles. The molecule has 0 radical (unpaired) electrons. The lowest BCUT2D eigenvalue weighted by Gasteiger charge is -2.27. The third-order valence-electron chi connectivity index (χ3n) is 10.9. The van der Waals surface area contributed by atoms with E-state index in [0.29, 0.717) is 5.89 Å². The fourth-order valence-corrected chi connectivity index (χ4v) is 8.18. The van der Waals surface area contributed by atoms with Crippen molar-refractivity contribution in [3.05, 3.63) is 193 Å². The molecule has 0 aliphatic heterocycles. The molecule has 53 heavy (non-hydrogen) atoms. The van der Waals surface area contributed by atoms with Crippen LogP contribution in [-0.4, -0.2) is 4.98 Å². The van der Waals surface area contributed by atoms with Crippen LogP contribution in [0.4, 0.5) is 17.1 Å². The molecule has 0 fully saturated rings. The molecule has 3 nitrogen and oxygen atoms in total. The highest BCUT2D eigenvalue weighted by Crippen LogP contribution is 2.50. The maximum Gasteiger partial charge on any atom is 0.227 e. The van der Waals surface area contributed by atoms with Crippen LogP contribution in [0.3, 0.4) is 0 Å². The fraction of sp³-hybridized carbons (Fsp3) is 0.0600. The van der Waals surface area contributed by atoms with Crippen molar-refractivity contribution in [1.82, 2.24) is 4.98 Å². The summed E-state index contributed by atoms with van der Waals surface area (Å²) >= 11 is 0. The molecule has 0 atom stereocenters. The van der Waals surface area contributed by atoms with E-state index in [1.165, 1.54) is 33.4 Å². The summed E-state index contributed by atoms with van der Waals surface area (Å²) < 4.78 is 6.58. The molecule has 0 amide bonds.